The molecule has 0 unspecified atom stereocenters. The first-order valence-electron chi connectivity index (χ1n) is 4.23. The lowest BCUT2D eigenvalue weighted by Crippen LogP contribution is -2.08. The van der Waals surface area contributed by atoms with Gasteiger partial charge in [-0.25, -0.2) is 0 Å². The van der Waals surface area contributed by atoms with Gasteiger partial charge in [-0.2, -0.15) is 5.26 Å². The zero-order valence-corrected chi connectivity index (χ0v) is 7.80. The number of anilines is 1. The second kappa shape index (κ2) is 4.93. The number of nitro benzene ring substituents is 1. The standard InChI is InChI=1S/C9H9N3O3/c10-6-7-2-1-3-8(11-4-5-13)9(7)12(14)15/h1-3,11,13H,4-5H2. The summed E-state index contributed by atoms with van der Waals surface area (Å²) in [4.78, 5) is 10.1. The van der Waals surface area contributed by atoms with Crippen molar-refractivity contribution in [2.45, 2.75) is 0 Å². The number of aliphatic hydroxyl groups excluding tert-OH is 1. The predicted molar refractivity (Wildman–Crippen MR) is 53.4 cm³/mol. The molecular formula is C9H9N3O3. The van der Waals surface area contributed by atoms with Gasteiger partial charge in [0.1, 0.15) is 17.3 Å². The predicted octanol–water partition coefficient (Wildman–Crippen LogP) is 0.871. The van der Waals surface area contributed by atoms with Crippen molar-refractivity contribution in [3.63, 3.8) is 0 Å². The topological polar surface area (TPSA) is 99.2 Å². The normalized spacial score (nSPS) is 9.33. The van der Waals surface area contributed by atoms with Crippen LogP contribution in [-0.2, 0) is 0 Å². The zero-order valence-electron chi connectivity index (χ0n) is 7.80. The summed E-state index contributed by atoms with van der Waals surface area (Å²) in [5.41, 5.74) is -0.00973. The van der Waals surface area contributed by atoms with Gasteiger partial charge in [0, 0.05) is 6.54 Å². The quantitative estimate of drug-likeness (QED) is 0.563. The van der Waals surface area contributed by atoms with Crippen LogP contribution in [0.1, 0.15) is 5.56 Å². The van der Waals surface area contributed by atoms with Crippen LogP contribution in [0.2, 0.25) is 0 Å². The lowest BCUT2D eigenvalue weighted by Gasteiger charge is -2.05. The highest BCUT2D eigenvalue weighted by atomic mass is 16.6. The Bertz CT molecular complexity index is 412. The average molecular weight is 207 g/mol. The van der Waals surface area contributed by atoms with Crippen molar-refractivity contribution in [3.8, 4) is 6.07 Å². The number of aliphatic hydroxyl groups is 1. The van der Waals surface area contributed by atoms with E-state index in [0.29, 0.717) is 0 Å². The van der Waals surface area contributed by atoms with Crippen molar-refractivity contribution < 1.29 is 10.0 Å². The summed E-state index contributed by atoms with van der Waals surface area (Å²) >= 11 is 0. The largest absolute Gasteiger partial charge is 0.395 e. The fourth-order valence-electron chi connectivity index (χ4n) is 1.16. The van der Waals surface area contributed by atoms with Crippen LogP contribution in [0, 0.1) is 21.4 Å². The number of benzene rings is 1. The molecule has 0 fully saturated rings. The smallest absolute Gasteiger partial charge is 0.309 e. The van der Waals surface area contributed by atoms with E-state index in [0.717, 1.165) is 0 Å². The molecule has 0 atom stereocenters. The van der Waals surface area contributed by atoms with E-state index in [2.05, 4.69) is 5.32 Å². The summed E-state index contributed by atoms with van der Waals surface area (Å²) in [6, 6.07) is 6.17. The van der Waals surface area contributed by atoms with Crippen molar-refractivity contribution in [3.05, 3.63) is 33.9 Å². The van der Waals surface area contributed by atoms with E-state index in [1.54, 1.807) is 12.1 Å². The van der Waals surface area contributed by atoms with Crippen LogP contribution in [-0.4, -0.2) is 23.2 Å². The fourth-order valence-corrected chi connectivity index (χ4v) is 1.16. The minimum absolute atomic E-state index is 0.00272. The molecule has 1 aromatic carbocycles. The number of nitrogens with one attached hydrogen (secondary N) is 1. The molecule has 15 heavy (non-hydrogen) atoms. The lowest BCUT2D eigenvalue weighted by molar-refractivity contribution is -0.384. The van der Waals surface area contributed by atoms with Gasteiger partial charge in [-0.3, -0.25) is 10.1 Å². The first kappa shape index (κ1) is 10.9. The second-order valence-corrected chi connectivity index (χ2v) is 2.72. The Morgan fingerprint density at radius 2 is 2.33 bits per heavy atom. The lowest BCUT2D eigenvalue weighted by atomic mass is 10.1. The molecule has 2 N–H and O–H groups in total. The van der Waals surface area contributed by atoms with E-state index in [1.165, 1.54) is 12.1 Å². The summed E-state index contributed by atoms with van der Waals surface area (Å²) in [7, 11) is 0. The van der Waals surface area contributed by atoms with Crippen LogP contribution < -0.4 is 5.32 Å². The van der Waals surface area contributed by atoms with Gasteiger partial charge in [0.25, 0.3) is 0 Å². The molecule has 1 aromatic rings. The van der Waals surface area contributed by atoms with Crippen molar-refractivity contribution in [2.24, 2.45) is 0 Å². The van der Waals surface area contributed by atoms with E-state index in [4.69, 9.17) is 10.4 Å². The molecule has 0 spiro atoms. The average Bonchev–Trinajstić information content (AvgIpc) is 2.25. The van der Waals surface area contributed by atoms with Gasteiger partial charge in [-0.05, 0) is 12.1 Å². The van der Waals surface area contributed by atoms with Gasteiger partial charge in [-0.15, -0.1) is 0 Å². The summed E-state index contributed by atoms with van der Waals surface area (Å²) in [6.07, 6.45) is 0. The Labute approximate surface area is 85.9 Å². The Balaban J connectivity index is 3.15. The maximum atomic E-state index is 10.7. The molecule has 0 amide bonds. The zero-order chi connectivity index (χ0) is 11.3. The third-order valence-electron chi connectivity index (χ3n) is 1.77. The van der Waals surface area contributed by atoms with Gasteiger partial charge >= 0.3 is 5.69 Å². The van der Waals surface area contributed by atoms with E-state index >= 15 is 0 Å². The summed E-state index contributed by atoms with van der Waals surface area (Å²) in [5.74, 6) is 0. The first-order valence-corrected chi connectivity index (χ1v) is 4.23. The van der Waals surface area contributed by atoms with Crippen LogP contribution in [0.3, 0.4) is 0 Å². The monoisotopic (exact) mass is 207 g/mol. The van der Waals surface area contributed by atoms with Crippen LogP contribution >= 0.6 is 0 Å². The first-order chi connectivity index (χ1) is 7.20. The van der Waals surface area contributed by atoms with Crippen LogP contribution in [0.15, 0.2) is 18.2 Å². The van der Waals surface area contributed by atoms with E-state index < -0.39 is 4.92 Å². The van der Waals surface area contributed by atoms with Crippen molar-refractivity contribution in [1.82, 2.24) is 0 Å². The van der Waals surface area contributed by atoms with Gasteiger partial charge in [0.2, 0.25) is 0 Å². The highest BCUT2D eigenvalue weighted by Crippen LogP contribution is 2.27. The molecule has 0 bridgehead atoms. The molecule has 6 nitrogen and oxygen atoms in total. The van der Waals surface area contributed by atoms with Crippen LogP contribution in [0.25, 0.3) is 0 Å². The highest BCUT2D eigenvalue weighted by molar-refractivity contribution is 5.68. The number of hydrogen-bond donors (Lipinski definition) is 2. The molecule has 1 rings (SSSR count). The maximum Gasteiger partial charge on any atom is 0.309 e. The minimum Gasteiger partial charge on any atom is -0.395 e. The minimum atomic E-state index is -0.613. The number of para-hydroxylation sites is 1. The molecule has 0 aliphatic carbocycles. The molecule has 0 aliphatic rings. The molecule has 0 aliphatic heterocycles. The van der Waals surface area contributed by atoms with Gasteiger partial charge < -0.3 is 10.4 Å². The van der Waals surface area contributed by atoms with Crippen molar-refractivity contribution >= 4 is 11.4 Å². The third-order valence-corrected chi connectivity index (χ3v) is 1.77. The third kappa shape index (κ3) is 2.42. The second-order valence-electron chi connectivity index (χ2n) is 2.72. The van der Waals surface area contributed by atoms with Crippen LogP contribution in [0.4, 0.5) is 11.4 Å². The van der Waals surface area contributed by atoms with Gasteiger partial charge in [0.15, 0.2) is 0 Å². The van der Waals surface area contributed by atoms with Crippen LogP contribution in [0.5, 0.6) is 0 Å². The Kier molecular flexibility index (Phi) is 3.60. The fraction of sp³-hybridized carbons (Fsp3) is 0.222. The van der Waals surface area contributed by atoms with E-state index in [1.807, 2.05) is 0 Å². The Morgan fingerprint density at radius 3 is 2.87 bits per heavy atom. The van der Waals surface area contributed by atoms with Gasteiger partial charge in [-0.1, -0.05) is 6.07 Å². The molecule has 0 radical (unpaired) electrons. The molecule has 0 saturated carbocycles. The number of nitro groups is 1. The molecule has 0 aromatic heterocycles. The number of nitrogens with zero attached hydrogens (tertiary/aromatic N) is 2. The number of rotatable bonds is 4. The summed E-state index contributed by atoms with van der Waals surface area (Å²) in [6.45, 7) is 0.0731. The summed E-state index contributed by atoms with van der Waals surface area (Å²) < 4.78 is 0. The number of hydrogen-bond acceptors (Lipinski definition) is 5. The Morgan fingerprint density at radius 1 is 1.60 bits per heavy atom. The molecule has 6 heteroatoms. The molecule has 78 valence electrons. The van der Waals surface area contributed by atoms with Crippen molar-refractivity contribution in [1.29, 1.82) is 5.26 Å². The Hall–Kier alpha value is -2.13. The molecule has 0 saturated heterocycles. The van der Waals surface area contributed by atoms with Crippen molar-refractivity contribution in [2.75, 3.05) is 18.5 Å². The maximum absolute atomic E-state index is 10.7. The summed E-state index contributed by atoms with van der Waals surface area (Å²) in [5, 5.41) is 30.7. The SMILES string of the molecule is N#Cc1cccc(NCCO)c1[N+](=O)[O-]. The van der Waals surface area contributed by atoms with E-state index in [9.17, 15) is 10.1 Å². The van der Waals surface area contributed by atoms with Gasteiger partial charge in [0.05, 0.1) is 11.5 Å². The van der Waals surface area contributed by atoms with E-state index in [-0.39, 0.29) is 30.1 Å². The molecule has 0 heterocycles. The molecular weight excluding hydrogens is 198 g/mol. The highest BCUT2D eigenvalue weighted by Gasteiger charge is 2.18. The number of nitriles is 1.